The molecule has 0 spiro atoms. The third kappa shape index (κ3) is 5.03. The molecule has 0 aliphatic heterocycles. The summed E-state index contributed by atoms with van der Waals surface area (Å²) in [6.45, 7) is 0. The number of nitrogens with zero attached hydrogens (tertiary/aromatic N) is 1. The summed E-state index contributed by atoms with van der Waals surface area (Å²) < 4.78 is 5.05. The fraction of sp³-hybridized carbons (Fsp3) is 0. The van der Waals surface area contributed by atoms with Crippen LogP contribution in [-0.4, -0.2) is 22.7 Å². The highest BCUT2D eigenvalue weighted by Gasteiger charge is 2.14. The zero-order chi connectivity index (χ0) is 21.6. The molecule has 3 N–H and O–H groups in total. The van der Waals surface area contributed by atoms with Gasteiger partial charge in [0, 0.05) is 29.3 Å². The molecule has 1 aromatic carbocycles. The average molecular weight is 432 g/mol. The molecule has 0 radical (unpaired) electrons. The first-order valence-electron chi connectivity index (χ1n) is 9.16. The number of pyridine rings is 1. The molecule has 4 rings (SSSR count). The zero-order valence-corrected chi connectivity index (χ0v) is 16.8. The second kappa shape index (κ2) is 9.06. The molecule has 0 bridgehead atoms. The molecule has 3 amide bonds. The van der Waals surface area contributed by atoms with Gasteiger partial charge in [-0.25, -0.2) is 0 Å². The van der Waals surface area contributed by atoms with Gasteiger partial charge in [-0.3, -0.25) is 19.4 Å². The Morgan fingerprint density at radius 2 is 1.52 bits per heavy atom. The van der Waals surface area contributed by atoms with Crippen LogP contribution in [0.1, 0.15) is 30.6 Å². The lowest BCUT2D eigenvalue weighted by molar-refractivity contribution is 0.0993. The maximum absolute atomic E-state index is 12.6. The number of anilines is 3. The van der Waals surface area contributed by atoms with Crippen molar-refractivity contribution >= 4 is 45.4 Å². The van der Waals surface area contributed by atoms with Crippen molar-refractivity contribution in [1.82, 2.24) is 4.98 Å². The van der Waals surface area contributed by atoms with Crippen LogP contribution >= 0.6 is 11.3 Å². The van der Waals surface area contributed by atoms with Crippen LogP contribution in [0.25, 0.3) is 0 Å². The van der Waals surface area contributed by atoms with E-state index in [0.717, 1.165) is 11.3 Å². The summed E-state index contributed by atoms with van der Waals surface area (Å²) >= 11 is 1.14. The molecule has 0 atom stereocenters. The smallest absolute Gasteiger partial charge is 0.291 e. The minimum absolute atomic E-state index is 0.185. The Hall–Kier alpha value is -4.24. The van der Waals surface area contributed by atoms with Gasteiger partial charge in [0.15, 0.2) is 5.76 Å². The molecule has 0 aliphatic carbocycles. The van der Waals surface area contributed by atoms with E-state index in [1.54, 1.807) is 60.7 Å². The second-order valence-electron chi connectivity index (χ2n) is 6.32. The first kappa shape index (κ1) is 20.0. The Morgan fingerprint density at radius 3 is 2.23 bits per heavy atom. The van der Waals surface area contributed by atoms with Gasteiger partial charge in [0.25, 0.3) is 17.7 Å². The Labute approximate surface area is 180 Å². The predicted molar refractivity (Wildman–Crippen MR) is 118 cm³/mol. The van der Waals surface area contributed by atoms with E-state index in [-0.39, 0.29) is 17.6 Å². The van der Waals surface area contributed by atoms with Crippen molar-refractivity contribution in [2.45, 2.75) is 0 Å². The van der Waals surface area contributed by atoms with Crippen LogP contribution in [0.2, 0.25) is 0 Å². The lowest BCUT2D eigenvalue weighted by atomic mass is 10.2. The minimum atomic E-state index is -0.392. The summed E-state index contributed by atoms with van der Waals surface area (Å²) in [5.74, 6) is -0.816. The molecule has 0 fully saturated rings. The highest BCUT2D eigenvalue weighted by Crippen LogP contribution is 2.24. The number of hydrogen-bond acceptors (Lipinski definition) is 6. The van der Waals surface area contributed by atoms with Gasteiger partial charge in [0.2, 0.25) is 0 Å². The SMILES string of the molecule is O=C(Nc1cccc(NC(=O)c2ccc(NC(=O)c3ccco3)s2)c1)c1ccncc1. The van der Waals surface area contributed by atoms with Gasteiger partial charge < -0.3 is 20.4 Å². The van der Waals surface area contributed by atoms with Gasteiger partial charge in [-0.2, -0.15) is 0 Å². The van der Waals surface area contributed by atoms with E-state index in [4.69, 9.17) is 4.42 Å². The van der Waals surface area contributed by atoms with Crippen molar-refractivity contribution < 1.29 is 18.8 Å². The van der Waals surface area contributed by atoms with Crippen LogP contribution in [0.4, 0.5) is 16.4 Å². The van der Waals surface area contributed by atoms with Crippen LogP contribution in [0, 0.1) is 0 Å². The normalized spacial score (nSPS) is 10.3. The van der Waals surface area contributed by atoms with Crippen molar-refractivity contribution in [2.24, 2.45) is 0 Å². The maximum Gasteiger partial charge on any atom is 0.291 e. The number of carbonyl (C=O) groups is 3. The highest BCUT2D eigenvalue weighted by molar-refractivity contribution is 7.18. The van der Waals surface area contributed by atoms with E-state index in [1.165, 1.54) is 18.7 Å². The number of rotatable bonds is 6. The first-order valence-corrected chi connectivity index (χ1v) is 9.97. The van der Waals surface area contributed by atoms with Crippen LogP contribution in [0.15, 0.2) is 83.7 Å². The second-order valence-corrected chi connectivity index (χ2v) is 7.40. The largest absolute Gasteiger partial charge is 0.459 e. The van der Waals surface area contributed by atoms with E-state index >= 15 is 0 Å². The quantitative estimate of drug-likeness (QED) is 0.415. The highest BCUT2D eigenvalue weighted by atomic mass is 32.1. The van der Waals surface area contributed by atoms with Gasteiger partial charge in [0.05, 0.1) is 16.1 Å². The lowest BCUT2D eigenvalue weighted by Crippen LogP contribution is -2.13. The molecule has 0 aliphatic rings. The van der Waals surface area contributed by atoms with E-state index < -0.39 is 5.91 Å². The number of aromatic nitrogens is 1. The molecular formula is C22H16N4O4S. The molecule has 3 aromatic heterocycles. The van der Waals surface area contributed by atoms with Crippen LogP contribution in [-0.2, 0) is 0 Å². The number of furan rings is 1. The minimum Gasteiger partial charge on any atom is -0.459 e. The fourth-order valence-electron chi connectivity index (χ4n) is 2.68. The standard InChI is InChI=1S/C22H16N4O4S/c27-20(14-8-10-23-11-9-14)24-15-3-1-4-16(13-15)25-22(29)18-6-7-19(31-18)26-21(28)17-5-2-12-30-17/h1-13H,(H,24,27)(H,25,29)(H,26,28). The molecular weight excluding hydrogens is 416 g/mol. The number of benzene rings is 1. The monoisotopic (exact) mass is 432 g/mol. The predicted octanol–water partition coefficient (Wildman–Crippen LogP) is 4.49. The lowest BCUT2D eigenvalue weighted by Gasteiger charge is -2.08. The topological polar surface area (TPSA) is 113 Å². The Balaban J connectivity index is 1.39. The van der Waals surface area contributed by atoms with Crippen molar-refractivity contribution in [3.8, 4) is 0 Å². The molecule has 9 heteroatoms. The van der Waals surface area contributed by atoms with E-state index in [0.29, 0.717) is 26.8 Å². The summed E-state index contributed by atoms with van der Waals surface area (Å²) in [4.78, 5) is 41.2. The molecule has 31 heavy (non-hydrogen) atoms. The van der Waals surface area contributed by atoms with Crippen molar-refractivity contribution in [2.75, 3.05) is 16.0 Å². The maximum atomic E-state index is 12.6. The van der Waals surface area contributed by atoms with E-state index in [1.807, 2.05) is 0 Å². The van der Waals surface area contributed by atoms with Crippen LogP contribution < -0.4 is 16.0 Å². The summed E-state index contributed by atoms with van der Waals surface area (Å²) in [6, 6.07) is 16.5. The molecule has 154 valence electrons. The zero-order valence-electron chi connectivity index (χ0n) is 16.0. The molecule has 0 saturated carbocycles. The van der Waals surface area contributed by atoms with Crippen molar-refractivity contribution in [3.05, 3.63) is 95.5 Å². The van der Waals surface area contributed by atoms with Gasteiger partial charge in [-0.15, -0.1) is 11.3 Å². The number of hydrogen-bond donors (Lipinski definition) is 3. The average Bonchev–Trinajstić information content (AvgIpc) is 3.47. The summed E-state index contributed by atoms with van der Waals surface area (Å²) in [6.07, 6.45) is 4.49. The fourth-order valence-corrected chi connectivity index (χ4v) is 3.48. The van der Waals surface area contributed by atoms with E-state index in [9.17, 15) is 14.4 Å². The Morgan fingerprint density at radius 1 is 0.774 bits per heavy atom. The van der Waals surface area contributed by atoms with Gasteiger partial charge in [-0.05, 0) is 54.6 Å². The van der Waals surface area contributed by atoms with Gasteiger partial charge in [-0.1, -0.05) is 6.07 Å². The number of nitrogens with one attached hydrogen (secondary N) is 3. The third-order valence-corrected chi connectivity index (χ3v) is 5.13. The van der Waals surface area contributed by atoms with Crippen molar-refractivity contribution in [1.29, 1.82) is 0 Å². The molecule has 4 aromatic rings. The van der Waals surface area contributed by atoms with Crippen LogP contribution in [0.3, 0.4) is 0 Å². The number of thiophene rings is 1. The van der Waals surface area contributed by atoms with E-state index in [2.05, 4.69) is 20.9 Å². The summed E-state index contributed by atoms with van der Waals surface area (Å²) in [7, 11) is 0. The molecule has 0 unspecified atom stereocenters. The van der Waals surface area contributed by atoms with Crippen molar-refractivity contribution in [3.63, 3.8) is 0 Å². The van der Waals surface area contributed by atoms with Gasteiger partial charge >= 0.3 is 0 Å². The summed E-state index contributed by atoms with van der Waals surface area (Å²) in [5, 5.41) is 8.77. The number of carbonyl (C=O) groups excluding carboxylic acids is 3. The molecule has 8 nitrogen and oxygen atoms in total. The summed E-state index contributed by atoms with van der Waals surface area (Å²) in [5.41, 5.74) is 1.54. The molecule has 0 saturated heterocycles. The third-order valence-electron chi connectivity index (χ3n) is 4.13. The Bertz CT molecular complexity index is 1220. The first-order chi connectivity index (χ1) is 15.1. The van der Waals surface area contributed by atoms with Gasteiger partial charge in [0.1, 0.15) is 0 Å². The van der Waals surface area contributed by atoms with Crippen LogP contribution in [0.5, 0.6) is 0 Å². The number of amides is 3. The Kier molecular flexibility index (Phi) is 5.86. The molecule has 3 heterocycles.